The summed E-state index contributed by atoms with van der Waals surface area (Å²) in [5.74, 6) is 0.188. The van der Waals surface area contributed by atoms with Gasteiger partial charge in [-0.05, 0) is 44.3 Å². The number of aliphatic imine (C=N–C) groups is 1. The molecule has 0 bridgehead atoms. The lowest BCUT2D eigenvalue weighted by atomic mass is 9.93. The van der Waals surface area contributed by atoms with Crippen LogP contribution >= 0.6 is 0 Å². The number of likely N-dealkylation sites (N-methyl/N-ethyl adjacent to an activating group) is 1. The summed E-state index contributed by atoms with van der Waals surface area (Å²) >= 11 is 0. The van der Waals surface area contributed by atoms with Crippen molar-refractivity contribution < 1.29 is 14.3 Å². The Labute approximate surface area is 160 Å². The fourth-order valence-corrected chi connectivity index (χ4v) is 3.15. The van der Waals surface area contributed by atoms with Gasteiger partial charge in [0.15, 0.2) is 0 Å². The highest BCUT2D eigenvalue weighted by atomic mass is 16.5. The molecule has 0 spiro atoms. The monoisotopic (exact) mass is 366 g/mol. The van der Waals surface area contributed by atoms with Crippen LogP contribution in [0, 0.1) is 0 Å². The van der Waals surface area contributed by atoms with Crippen molar-refractivity contribution >= 4 is 11.7 Å². The van der Waals surface area contributed by atoms with Crippen LogP contribution in [0.15, 0.2) is 47.5 Å². The van der Waals surface area contributed by atoms with E-state index in [4.69, 9.17) is 14.5 Å². The Bertz CT molecular complexity index is 858. The molecule has 5 heteroatoms. The number of esters is 1. The molecule has 1 aliphatic rings. The Morgan fingerprint density at radius 2 is 2.00 bits per heavy atom. The second-order valence-corrected chi connectivity index (χ2v) is 6.98. The van der Waals surface area contributed by atoms with Crippen molar-refractivity contribution in [3.63, 3.8) is 0 Å². The summed E-state index contributed by atoms with van der Waals surface area (Å²) in [6.07, 6.45) is 0. The molecule has 0 aliphatic carbocycles. The molecule has 0 saturated heterocycles. The van der Waals surface area contributed by atoms with Crippen molar-refractivity contribution in [2.75, 3.05) is 34.3 Å². The summed E-state index contributed by atoms with van der Waals surface area (Å²) in [6, 6.07) is 14.0. The van der Waals surface area contributed by atoms with Crippen LogP contribution in [0.25, 0.3) is 0 Å². The summed E-state index contributed by atoms with van der Waals surface area (Å²) in [7, 11) is 5.48. The van der Waals surface area contributed by atoms with Gasteiger partial charge in [0.05, 0.1) is 25.3 Å². The van der Waals surface area contributed by atoms with E-state index in [-0.39, 0.29) is 11.9 Å². The normalized spacial score (nSPS) is 15.5. The van der Waals surface area contributed by atoms with Gasteiger partial charge in [-0.15, -0.1) is 0 Å². The first-order valence-corrected chi connectivity index (χ1v) is 9.13. The van der Waals surface area contributed by atoms with E-state index >= 15 is 0 Å². The Hall–Kier alpha value is -2.66. The first-order chi connectivity index (χ1) is 13.0. The Kier molecular flexibility index (Phi) is 5.91. The average Bonchev–Trinajstić information content (AvgIpc) is 2.83. The highest BCUT2D eigenvalue weighted by Gasteiger charge is 2.23. The minimum absolute atomic E-state index is 0.254. The molecule has 0 fully saturated rings. The number of fused-ring (bicyclic) bond motifs is 2. The molecule has 0 saturated carbocycles. The number of rotatable bonds is 5. The third-order valence-corrected chi connectivity index (χ3v) is 4.79. The van der Waals surface area contributed by atoms with E-state index in [1.54, 1.807) is 0 Å². The van der Waals surface area contributed by atoms with Crippen molar-refractivity contribution in [3.05, 3.63) is 64.7 Å². The molecule has 27 heavy (non-hydrogen) atoms. The zero-order valence-corrected chi connectivity index (χ0v) is 16.4. The first-order valence-electron chi connectivity index (χ1n) is 9.13. The fourth-order valence-electron chi connectivity index (χ4n) is 3.15. The molecule has 2 aromatic carbocycles. The van der Waals surface area contributed by atoms with Crippen LogP contribution in [0.1, 0.15) is 35.1 Å². The molecular formula is C22H26N2O3. The van der Waals surface area contributed by atoms with Gasteiger partial charge in [0.2, 0.25) is 0 Å². The van der Waals surface area contributed by atoms with Gasteiger partial charge in [-0.1, -0.05) is 30.3 Å². The topological polar surface area (TPSA) is 51.1 Å². The van der Waals surface area contributed by atoms with Crippen molar-refractivity contribution in [1.82, 2.24) is 4.90 Å². The second kappa shape index (κ2) is 8.35. The predicted molar refractivity (Wildman–Crippen MR) is 107 cm³/mol. The van der Waals surface area contributed by atoms with Crippen LogP contribution in [-0.2, 0) is 16.1 Å². The van der Waals surface area contributed by atoms with E-state index < -0.39 is 0 Å². The largest absolute Gasteiger partial charge is 0.488 e. The molecule has 0 amide bonds. The van der Waals surface area contributed by atoms with Gasteiger partial charge in [-0.25, -0.2) is 0 Å². The zero-order chi connectivity index (χ0) is 19.4. The highest BCUT2D eigenvalue weighted by Crippen LogP contribution is 2.32. The van der Waals surface area contributed by atoms with Crippen molar-refractivity contribution in [2.45, 2.75) is 19.4 Å². The van der Waals surface area contributed by atoms with Gasteiger partial charge in [0, 0.05) is 17.7 Å². The number of methoxy groups -OCH3 is 1. The summed E-state index contributed by atoms with van der Waals surface area (Å²) < 4.78 is 11.0. The zero-order valence-electron chi connectivity index (χ0n) is 16.4. The molecule has 5 nitrogen and oxygen atoms in total. The van der Waals surface area contributed by atoms with Crippen LogP contribution in [-0.4, -0.2) is 50.9 Å². The smallest absolute Gasteiger partial charge is 0.312 e. The highest BCUT2D eigenvalue weighted by molar-refractivity contribution is 6.15. The minimum atomic E-state index is -0.346. The molecule has 2 aromatic rings. The lowest BCUT2D eigenvalue weighted by Crippen LogP contribution is -2.17. The number of carbonyl (C=O) groups is 1. The maximum absolute atomic E-state index is 12.0. The second-order valence-electron chi connectivity index (χ2n) is 6.98. The van der Waals surface area contributed by atoms with E-state index in [0.717, 1.165) is 40.3 Å². The molecule has 0 radical (unpaired) electrons. The predicted octanol–water partition coefficient (Wildman–Crippen LogP) is 3.25. The average molecular weight is 366 g/mol. The van der Waals surface area contributed by atoms with Crippen LogP contribution in [0.4, 0.5) is 0 Å². The van der Waals surface area contributed by atoms with Gasteiger partial charge in [-0.3, -0.25) is 9.79 Å². The van der Waals surface area contributed by atoms with E-state index in [9.17, 15) is 4.79 Å². The van der Waals surface area contributed by atoms with Gasteiger partial charge in [-0.2, -0.15) is 0 Å². The third kappa shape index (κ3) is 4.19. The number of hydrogen-bond acceptors (Lipinski definition) is 5. The number of nitrogens with zero attached hydrogens (tertiary/aromatic N) is 2. The van der Waals surface area contributed by atoms with Crippen LogP contribution in [0.2, 0.25) is 0 Å². The lowest BCUT2D eigenvalue weighted by Gasteiger charge is -2.15. The van der Waals surface area contributed by atoms with Crippen LogP contribution < -0.4 is 4.74 Å². The van der Waals surface area contributed by atoms with E-state index in [0.29, 0.717) is 13.2 Å². The Balaban J connectivity index is 2.09. The molecule has 0 aromatic heterocycles. The molecule has 1 atom stereocenters. The maximum atomic E-state index is 12.0. The molecule has 1 aliphatic heterocycles. The summed E-state index contributed by atoms with van der Waals surface area (Å²) in [4.78, 5) is 19.0. The number of ether oxygens (including phenoxy) is 2. The van der Waals surface area contributed by atoms with E-state index in [1.165, 1.54) is 7.11 Å². The standard InChI is InChI=1S/C22H26N2O3/c1-15(22(25)26-4)16-9-10-20-19(13-16)21(23-11-12-24(2)3)18-8-6-5-7-17(18)14-27-20/h5-10,13,15H,11-12,14H2,1-4H3/b23-21+. The molecular weight excluding hydrogens is 340 g/mol. The van der Waals surface area contributed by atoms with Gasteiger partial charge in [0.25, 0.3) is 0 Å². The number of carbonyl (C=O) groups excluding carboxylic acids is 1. The van der Waals surface area contributed by atoms with Crippen LogP contribution in [0.5, 0.6) is 5.75 Å². The van der Waals surface area contributed by atoms with Gasteiger partial charge in [0.1, 0.15) is 12.4 Å². The van der Waals surface area contributed by atoms with E-state index in [1.807, 2.05) is 51.4 Å². The summed E-state index contributed by atoms with van der Waals surface area (Å²) in [5, 5.41) is 0. The molecule has 1 unspecified atom stereocenters. The number of hydrogen-bond donors (Lipinski definition) is 0. The molecule has 142 valence electrons. The SMILES string of the molecule is COC(=O)C(C)c1ccc2c(c1)/C(=N/CCN(C)C)c1ccccc1CO2. The van der Waals surface area contributed by atoms with Gasteiger partial charge >= 0.3 is 5.97 Å². The van der Waals surface area contributed by atoms with Crippen LogP contribution in [0.3, 0.4) is 0 Å². The van der Waals surface area contributed by atoms with Crippen molar-refractivity contribution in [2.24, 2.45) is 4.99 Å². The van der Waals surface area contributed by atoms with E-state index in [2.05, 4.69) is 17.0 Å². The van der Waals surface area contributed by atoms with Crippen molar-refractivity contribution in [3.8, 4) is 5.75 Å². The first kappa shape index (κ1) is 19.1. The molecule has 0 N–H and O–H groups in total. The van der Waals surface area contributed by atoms with Crippen molar-refractivity contribution in [1.29, 1.82) is 0 Å². The Morgan fingerprint density at radius 1 is 1.22 bits per heavy atom. The molecule has 1 heterocycles. The molecule has 3 rings (SSSR count). The summed E-state index contributed by atoms with van der Waals surface area (Å²) in [5.41, 5.74) is 4.92. The number of benzene rings is 2. The quantitative estimate of drug-likeness (QED) is 0.762. The lowest BCUT2D eigenvalue weighted by molar-refractivity contribution is -0.141. The minimum Gasteiger partial charge on any atom is -0.488 e. The fraction of sp³-hybridized carbons (Fsp3) is 0.364. The third-order valence-electron chi connectivity index (χ3n) is 4.79. The van der Waals surface area contributed by atoms with Gasteiger partial charge < -0.3 is 14.4 Å². The summed E-state index contributed by atoms with van der Waals surface area (Å²) in [6.45, 7) is 3.90. The Morgan fingerprint density at radius 3 is 2.74 bits per heavy atom. The maximum Gasteiger partial charge on any atom is 0.312 e.